The lowest BCUT2D eigenvalue weighted by Gasteiger charge is -2.34. The quantitative estimate of drug-likeness (QED) is 0.553. The van der Waals surface area contributed by atoms with Crippen molar-refractivity contribution in [1.82, 2.24) is 4.90 Å². The van der Waals surface area contributed by atoms with Crippen LogP contribution in [-0.2, 0) is 4.74 Å². The van der Waals surface area contributed by atoms with E-state index in [1.165, 1.54) is 6.42 Å². The molecular formula is C8H15NO. The molecule has 1 aliphatic rings. The average Bonchev–Trinajstić information content (AvgIpc) is 1.55. The Kier molecular flexibility index (Phi) is 2.20. The molecule has 0 aliphatic carbocycles. The normalized spacial score (nSPS) is 16.9. The molecule has 0 bridgehead atoms. The summed E-state index contributed by atoms with van der Waals surface area (Å²) in [6.45, 7) is 10.1. The molecule has 2 heteroatoms. The van der Waals surface area contributed by atoms with E-state index < -0.39 is 0 Å². The molecule has 0 amide bonds. The number of likely N-dealkylation sites (tertiary alicyclic amines) is 1. The van der Waals surface area contributed by atoms with Gasteiger partial charge in [0.1, 0.15) is 0 Å². The molecule has 0 unspecified atom stereocenters. The topological polar surface area (TPSA) is 12.5 Å². The highest BCUT2D eigenvalue weighted by molar-refractivity contribution is 4.89. The summed E-state index contributed by atoms with van der Waals surface area (Å²) in [5.74, 6) is 0.834. The smallest absolute Gasteiger partial charge is 0.182 e. The van der Waals surface area contributed by atoms with E-state index in [2.05, 4.69) is 11.5 Å². The summed E-state index contributed by atoms with van der Waals surface area (Å²) in [4.78, 5) is 2.15. The average molecular weight is 141 g/mol. The molecule has 0 spiro atoms. The van der Waals surface area contributed by atoms with Crippen LogP contribution in [0.3, 0.4) is 0 Å². The number of hydrogen-bond donors (Lipinski definition) is 0. The standard InChI is InChI=1S/C8H15NO/c1-7(2)10-8(3)9-5-4-6-9/h7H,3-6H2,1-2H3. The van der Waals surface area contributed by atoms with E-state index in [9.17, 15) is 0 Å². The van der Waals surface area contributed by atoms with Gasteiger partial charge in [0.25, 0.3) is 0 Å². The molecule has 0 aromatic heterocycles. The molecule has 0 atom stereocenters. The second-order valence-electron chi connectivity index (χ2n) is 2.90. The van der Waals surface area contributed by atoms with Crippen LogP contribution in [0.5, 0.6) is 0 Å². The van der Waals surface area contributed by atoms with E-state index >= 15 is 0 Å². The first-order valence-corrected chi connectivity index (χ1v) is 3.80. The zero-order chi connectivity index (χ0) is 7.56. The predicted molar refractivity (Wildman–Crippen MR) is 41.6 cm³/mol. The Bertz CT molecular complexity index is 127. The van der Waals surface area contributed by atoms with Gasteiger partial charge in [-0.15, -0.1) is 0 Å². The van der Waals surface area contributed by atoms with Crippen LogP contribution in [0.1, 0.15) is 20.3 Å². The van der Waals surface area contributed by atoms with Crippen LogP contribution in [0.2, 0.25) is 0 Å². The van der Waals surface area contributed by atoms with Crippen LogP contribution < -0.4 is 0 Å². The van der Waals surface area contributed by atoms with Crippen LogP contribution in [-0.4, -0.2) is 24.1 Å². The van der Waals surface area contributed by atoms with Crippen molar-refractivity contribution in [2.45, 2.75) is 26.4 Å². The molecular weight excluding hydrogens is 126 g/mol. The SMILES string of the molecule is C=C(OC(C)C)N1CCC1. The van der Waals surface area contributed by atoms with Gasteiger partial charge in [-0.05, 0) is 26.8 Å². The van der Waals surface area contributed by atoms with Crippen molar-refractivity contribution in [2.24, 2.45) is 0 Å². The van der Waals surface area contributed by atoms with Crippen molar-refractivity contribution in [3.8, 4) is 0 Å². The molecule has 10 heavy (non-hydrogen) atoms. The zero-order valence-corrected chi connectivity index (χ0v) is 6.76. The molecule has 1 aliphatic heterocycles. The van der Waals surface area contributed by atoms with E-state index in [1.54, 1.807) is 0 Å². The van der Waals surface area contributed by atoms with Crippen molar-refractivity contribution < 1.29 is 4.74 Å². The van der Waals surface area contributed by atoms with Crippen molar-refractivity contribution >= 4 is 0 Å². The van der Waals surface area contributed by atoms with Crippen molar-refractivity contribution in [3.05, 3.63) is 12.5 Å². The van der Waals surface area contributed by atoms with Crippen LogP contribution in [0, 0.1) is 0 Å². The minimum atomic E-state index is 0.257. The second-order valence-corrected chi connectivity index (χ2v) is 2.90. The minimum absolute atomic E-state index is 0.257. The lowest BCUT2D eigenvalue weighted by Crippen LogP contribution is -2.37. The van der Waals surface area contributed by atoms with Crippen LogP contribution >= 0.6 is 0 Å². The summed E-state index contributed by atoms with van der Waals surface area (Å²) in [6, 6.07) is 0. The van der Waals surface area contributed by atoms with Gasteiger partial charge in [0.15, 0.2) is 5.88 Å². The Labute approximate surface area is 62.5 Å². The molecule has 1 rings (SSSR count). The Morgan fingerprint density at radius 3 is 2.40 bits per heavy atom. The van der Waals surface area contributed by atoms with Crippen LogP contribution in [0.15, 0.2) is 12.5 Å². The summed E-state index contributed by atoms with van der Waals surface area (Å²) in [7, 11) is 0. The fraction of sp³-hybridized carbons (Fsp3) is 0.750. The van der Waals surface area contributed by atoms with E-state index in [0.717, 1.165) is 19.0 Å². The third-order valence-corrected chi connectivity index (χ3v) is 1.58. The molecule has 1 saturated heterocycles. The van der Waals surface area contributed by atoms with Gasteiger partial charge in [0, 0.05) is 13.1 Å². The highest BCUT2D eigenvalue weighted by Gasteiger charge is 2.16. The van der Waals surface area contributed by atoms with E-state index in [4.69, 9.17) is 4.74 Å². The molecule has 2 nitrogen and oxygen atoms in total. The van der Waals surface area contributed by atoms with Gasteiger partial charge in [-0.25, -0.2) is 0 Å². The largest absolute Gasteiger partial charge is 0.477 e. The van der Waals surface area contributed by atoms with Gasteiger partial charge in [-0.2, -0.15) is 0 Å². The fourth-order valence-electron chi connectivity index (χ4n) is 0.912. The Morgan fingerprint density at radius 1 is 1.50 bits per heavy atom. The minimum Gasteiger partial charge on any atom is -0.477 e. The fourth-order valence-corrected chi connectivity index (χ4v) is 0.912. The van der Waals surface area contributed by atoms with E-state index in [1.807, 2.05) is 13.8 Å². The first-order chi connectivity index (χ1) is 4.70. The Hall–Kier alpha value is -0.660. The molecule has 0 radical (unpaired) electrons. The van der Waals surface area contributed by atoms with Crippen LogP contribution in [0.4, 0.5) is 0 Å². The molecule has 0 N–H and O–H groups in total. The van der Waals surface area contributed by atoms with Gasteiger partial charge in [0.05, 0.1) is 6.10 Å². The number of nitrogens with zero attached hydrogens (tertiary/aromatic N) is 1. The van der Waals surface area contributed by atoms with E-state index in [-0.39, 0.29) is 6.10 Å². The summed E-state index contributed by atoms with van der Waals surface area (Å²) in [6.07, 6.45) is 1.54. The number of ether oxygens (including phenoxy) is 1. The maximum absolute atomic E-state index is 5.39. The molecule has 1 fully saturated rings. The highest BCUT2D eigenvalue weighted by Crippen LogP contribution is 2.14. The summed E-state index contributed by atoms with van der Waals surface area (Å²) < 4.78 is 5.39. The maximum Gasteiger partial charge on any atom is 0.182 e. The first-order valence-electron chi connectivity index (χ1n) is 3.80. The molecule has 1 heterocycles. The summed E-state index contributed by atoms with van der Waals surface area (Å²) in [5.41, 5.74) is 0. The zero-order valence-electron chi connectivity index (χ0n) is 6.76. The highest BCUT2D eigenvalue weighted by atomic mass is 16.5. The van der Waals surface area contributed by atoms with Crippen LogP contribution in [0.25, 0.3) is 0 Å². The molecule has 0 aromatic carbocycles. The third-order valence-electron chi connectivity index (χ3n) is 1.58. The Balaban J connectivity index is 2.20. The monoisotopic (exact) mass is 141 g/mol. The second kappa shape index (κ2) is 2.95. The first kappa shape index (κ1) is 7.45. The van der Waals surface area contributed by atoms with E-state index in [0.29, 0.717) is 0 Å². The lowest BCUT2D eigenvalue weighted by atomic mass is 10.2. The van der Waals surface area contributed by atoms with Gasteiger partial charge in [-0.1, -0.05) is 0 Å². The van der Waals surface area contributed by atoms with Crippen molar-refractivity contribution in [2.75, 3.05) is 13.1 Å². The molecule has 58 valence electrons. The molecule has 0 saturated carbocycles. The van der Waals surface area contributed by atoms with Crippen molar-refractivity contribution in [3.63, 3.8) is 0 Å². The number of rotatable bonds is 3. The summed E-state index contributed by atoms with van der Waals surface area (Å²) in [5, 5.41) is 0. The third kappa shape index (κ3) is 1.66. The van der Waals surface area contributed by atoms with Gasteiger partial charge >= 0.3 is 0 Å². The Morgan fingerprint density at radius 2 is 2.10 bits per heavy atom. The molecule has 0 aromatic rings. The predicted octanol–water partition coefficient (Wildman–Crippen LogP) is 1.59. The maximum atomic E-state index is 5.39. The summed E-state index contributed by atoms with van der Waals surface area (Å²) >= 11 is 0. The van der Waals surface area contributed by atoms with Gasteiger partial charge in [-0.3, -0.25) is 0 Å². The number of hydrogen-bond acceptors (Lipinski definition) is 2. The van der Waals surface area contributed by atoms with Gasteiger partial charge in [0.2, 0.25) is 0 Å². The van der Waals surface area contributed by atoms with Gasteiger partial charge < -0.3 is 9.64 Å². The van der Waals surface area contributed by atoms with Crippen molar-refractivity contribution in [1.29, 1.82) is 0 Å². The lowest BCUT2D eigenvalue weighted by molar-refractivity contribution is 0.0454.